The third-order valence-corrected chi connectivity index (χ3v) is 5.51. The largest absolute Gasteiger partial charge is 0.310 e. The van der Waals surface area contributed by atoms with Crippen molar-refractivity contribution in [2.45, 2.75) is 39.3 Å². The quantitative estimate of drug-likeness (QED) is 0.893. The van der Waals surface area contributed by atoms with Crippen LogP contribution in [0.3, 0.4) is 0 Å². The third-order valence-electron chi connectivity index (χ3n) is 4.82. The maximum Gasteiger partial charge on any atom is 0.0758 e. The van der Waals surface area contributed by atoms with Gasteiger partial charge in [0.2, 0.25) is 0 Å². The van der Waals surface area contributed by atoms with Gasteiger partial charge in [-0.2, -0.15) is 0 Å². The van der Waals surface area contributed by atoms with Crippen LogP contribution in [0.2, 0.25) is 0 Å². The van der Waals surface area contributed by atoms with Gasteiger partial charge in [-0.15, -0.1) is 0 Å². The molecule has 1 heterocycles. The number of aromatic nitrogens is 1. The van der Waals surface area contributed by atoms with Crippen LogP contribution in [-0.2, 0) is 6.54 Å². The van der Waals surface area contributed by atoms with Crippen molar-refractivity contribution in [2.75, 3.05) is 0 Å². The van der Waals surface area contributed by atoms with Crippen molar-refractivity contribution in [1.82, 2.24) is 10.3 Å². The highest BCUT2D eigenvalue weighted by Gasteiger charge is 2.29. The van der Waals surface area contributed by atoms with Crippen LogP contribution in [0.1, 0.15) is 32.3 Å². The standard InChI is InChI=1S/C17H21BrN2/c1-11-5-8-16(12(11)2)20-10-13-6-7-15(18)14-4-3-9-19-17(13)14/h3-4,6-7,9,11-12,16,20H,5,8,10H2,1-2H3. The molecule has 2 nitrogen and oxygen atoms in total. The molecule has 1 saturated carbocycles. The van der Waals surface area contributed by atoms with Gasteiger partial charge in [0.05, 0.1) is 5.52 Å². The second-order valence-electron chi connectivity index (χ2n) is 6.01. The summed E-state index contributed by atoms with van der Waals surface area (Å²) in [6.45, 7) is 5.64. The Labute approximate surface area is 129 Å². The summed E-state index contributed by atoms with van der Waals surface area (Å²) in [6.07, 6.45) is 4.51. The van der Waals surface area contributed by atoms with Gasteiger partial charge < -0.3 is 5.32 Å². The number of pyridine rings is 1. The molecular formula is C17H21BrN2. The Hall–Kier alpha value is -0.930. The molecule has 0 bridgehead atoms. The van der Waals surface area contributed by atoms with E-state index >= 15 is 0 Å². The smallest absolute Gasteiger partial charge is 0.0758 e. The lowest BCUT2D eigenvalue weighted by atomic mass is 9.97. The van der Waals surface area contributed by atoms with Gasteiger partial charge in [-0.1, -0.05) is 41.9 Å². The Bertz CT molecular complexity index is 611. The molecule has 3 unspecified atom stereocenters. The van der Waals surface area contributed by atoms with E-state index in [4.69, 9.17) is 0 Å². The van der Waals surface area contributed by atoms with Crippen molar-refractivity contribution in [3.05, 3.63) is 40.5 Å². The summed E-state index contributed by atoms with van der Waals surface area (Å²) in [6, 6.07) is 9.06. The molecule has 20 heavy (non-hydrogen) atoms. The minimum atomic E-state index is 0.646. The van der Waals surface area contributed by atoms with Crippen molar-refractivity contribution < 1.29 is 0 Å². The molecule has 0 amide bonds. The summed E-state index contributed by atoms with van der Waals surface area (Å²) in [5.74, 6) is 1.61. The van der Waals surface area contributed by atoms with E-state index in [1.54, 1.807) is 0 Å². The Kier molecular flexibility index (Phi) is 4.08. The summed E-state index contributed by atoms with van der Waals surface area (Å²) in [5, 5.41) is 4.93. The van der Waals surface area contributed by atoms with E-state index in [1.165, 1.54) is 23.8 Å². The summed E-state index contributed by atoms with van der Waals surface area (Å²) in [5.41, 5.74) is 2.39. The van der Waals surface area contributed by atoms with Gasteiger partial charge in [-0.05, 0) is 42.4 Å². The van der Waals surface area contributed by atoms with E-state index < -0.39 is 0 Å². The Balaban J connectivity index is 1.80. The minimum Gasteiger partial charge on any atom is -0.310 e. The van der Waals surface area contributed by atoms with Gasteiger partial charge >= 0.3 is 0 Å². The number of nitrogens with zero attached hydrogens (tertiary/aromatic N) is 1. The average molecular weight is 333 g/mol. The SMILES string of the molecule is CC1CCC(NCc2ccc(Br)c3cccnc23)C1C. The average Bonchev–Trinajstić information content (AvgIpc) is 2.79. The summed E-state index contributed by atoms with van der Waals surface area (Å²) in [7, 11) is 0. The van der Waals surface area contributed by atoms with Crippen LogP contribution in [0.25, 0.3) is 10.9 Å². The molecular weight excluding hydrogens is 312 g/mol. The van der Waals surface area contributed by atoms with Crippen LogP contribution in [0.15, 0.2) is 34.9 Å². The zero-order valence-electron chi connectivity index (χ0n) is 12.1. The highest BCUT2D eigenvalue weighted by atomic mass is 79.9. The van der Waals surface area contributed by atoms with Gasteiger partial charge in [-0.3, -0.25) is 4.98 Å². The van der Waals surface area contributed by atoms with Gasteiger partial charge in [0, 0.05) is 28.6 Å². The van der Waals surface area contributed by atoms with Crippen molar-refractivity contribution in [3.63, 3.8) is 0 Å². The monoisotopic (exact) mass is 332 g/mol. The summed E-state index contributed by atoms with van der Waals surface area (Å²) < 4.78 is 1.12. The number of fused-ring (bicyclic) bond motifs is 1. The lowest BCUT2D eigenvalue weighted by molar-refractivity contribution is 0.370. The molecule has 1 aliphatic rings. The molecule has 1 aromatic carbocycles. The van der Waals surface area contributed by atoms with Crippen LogP contribution in [-0.4, -0.2) is 11.0 Å². The van der Waals surface area contributed by atoms with Gasteiger partial charge in [0.25, 0.3) is 0 Å². The lowest BCUT2D eigenvalue weighted by Gasteiger charge is -2.20. The first-order valence-corrected chi connectivity index (χ1v) is 8.21. The Morgan fingerprint density at radius 2 is 2.10 bits per heavy atom. The fraction of sp³-hybridized carbons (Fsp3) is 0.471. The molecule has 106 valence electrons. The van der Waals surface area contributed by atoms with Crippen molar-refractivity contribution in [1.29, 1.82) is 0 Å². The number of nitrogens with one attached hydrogen (secondary N) is 1. The predicted octanol–water partition coefficient (Wildman–Crippen LogP) is 4.52. The number of halogens is 1. The maximum atomic E-state index is 4.55. The normalized spacial score (nSPS) is 26.2. The maximum absolute atomic E-state index is 4.55. The topological polar surface area (TPSA) is 24.9 Å². The molecule has 1 N–H and O–H groups in total. The van der Waals surface area contributed by atoms with Crippen LogP contribution >= 0.6 is 15.9 Å². The van der Waals surface area contributed by atoms with E-state index in [-0.39, 0.29) is 0 Å². The van der Waals surface area contributed by atoms with Gasteiger partial charge in [0.1, 0.15) is 0 Å². The zero-order valence-corrected chi connectivity index (χ0v) is 13.7. The molecule has 2 aromatic rings. The second-order valence-corrected chi connectivity index (χ2v) is 6.86. The predicted molar refractivity (Wildman–Crippen MR) is 87.6 cm³/mol. The fourth-order valence-corrected chi connectivity index (χ4v) is 3.68. The number of benzene rings is 1. The molecule has 0 radical (unpaired) electrons. The van der Waals surface area contributed by atoms with Crippen molar-refractivity contribution in [2.24, 2.45) is 11.8 Å². The first kappa shape index (κ1) is 14.0. The molecule has 0 spiro atoms. The third kappa shape index (κ3) is 2.61. The van der Waals surface area contributed by atoms with Gasteiger partial charge in [0.15, 0.2) is 0 Å². The number of rotatable bonds is 3. The second kappa shape index (κ2) is 5.82. The molecule has 0 aliphatic heterocycles. The molecule has 1 aromatic heterocycles. The van der Waals surface area contributed by atoms with E-state index in [0.717, 1.165) is 28.4 Å². The first-order valence-electron chi connectivity index (χ1n) is 7.42. The highest BCUT2D eigenvalue weighted by Crippen LogP contribution is 2.32. The van der Waals surface area contributed by atoms with E-state index in [1.807, 2.05) is 12.3 Å². The lowest BCUT2D eigenvalue weighted by Crippen LogP contribution is -2.32. The molecule has 1 fully saturated rings. The summed E-state index contributed by atoms with van der Waals surface area (Å²) >= 11 is 3.61. The molecule has 3 heteroatoms. The fourth-order valence-electron chi connectivity index (χ4n) is 3.23. The van der Waals surface area contributed by atoms with Gasteiger partial charge in [-0.25, -0.2) is 0 Å². The van der Waals surface area contributed by atoms with Crippen LogP contribution in [0, 0.1) is 11.8 Å². The van der Waals surface area contributed by atoms with E-state index in [2.05, 4.69) is 58.3 Å². The van der Waals surface area contributed by atoms with E-state index in [9.17, 15) is 0 Å². The first-order chi connectivity index (χ1) is 9.66. The Morgan fingerprint density at radius 1 is 1.25 bits per heavy atom. The van der Waals surface area contributed by atoms with Crippen LogP contribution in [0.4, 0.5) is 0 Å². The number of hydrogen-bond donors (Lipinski definition) is 1. The van der Waals surface area contributed by atoms with Crippen molar-refractivity contribution in [3.8, 4) is 0 Å². The minimum absolute atomic E-state index is 0.646. The Morgan fingerprint density at radius 3 is 2.85 bits per heavy atom. The van der Waals surface area contributed by atoms with Crippen LogP contribution < -0.4 is 5.32 Å². The number of hydrogen-bond acceptors (Lipinski definition) is 2. The van der Waals surface area contributed by atoms with Crippen molar-refractivity contribution >= 4 is 26.8 Å². The van der Waals surface area contributed by atoms with E-state index in [0.29, 0.717) is 6.04 Å². The molecule has 3 rings (SSSR count). The summed E-state index contributed by atoms with van der Waals surface area (Å²) in [4.78, 5) is 4.55. The zero-order chi connectivity index (χ0) is 14.1. The molecule has 1 aliphatic carbocycles. The highest BCUT2D eigenvalue weighted by molar-refractivity contribution is 9.10. The molecule has 3 atom stereocenters. The van der Waals surface area contributed by atoms with Crippen LogP contribution in [0.5, 0.6) is 0 Å². The molecule has 0 saturated heterocycles.